The normalized spacial score (nSPS) is 15.4. The van der Waals surface area contributed by atoms with Crippen LogP contribution in [0.4, 0.5) is 0 Å². The number of rotatable bonds is 6. The highest BCUT2D eigenvalue weighted by molar-refractivity contribution is 14.0. The summed E-state index contributed by atoms with van der Waals surface area (Å²) < 4.78 is 6.09. The van der Waals surface area contributed by atoms with E-state index in [1.54, 1.807) is 11.3 Å². The molecule has 7 heteroatoms. The Morgan fingerprint density at radius 1 is 1.29 bits per heavy atom. The van der Waals surface area contributed by atoms with Crippen LogP contribution in [0.3, 0.4) is 0 Å². The predicted octanol–water partition coefficient (Wildman–Crippen LogP) is 4.58. The lowest BCUT2D eigenvalue weighted by molar-refractivity contribution is 0.129. The van der Waals surface area contributed by atoms with Gasteiger partial charge in [0.25, 0.3) is 0 Å². The van der Waals surface area contributed by atoms with E-state index in [1.165, 1.54) is 9.88 Å². The minimum Gasteiger partial charge on any atom is -0.490 e. The van der Waals surface area contributed by atoms with Crippen LogP contribution in [-0.2, 0) is 13.0 Å². The van der Waals surface area contributed by atoms with Crippen molar-refractivity contribution < 1.29 is 4.74 Å². The Morgan fingerprint density at radius 3 is 2.64 bits per heavy atom. The predicted molar refractivity (Wildman–Crippen MR) is 128 cm³/mol. The molecule has 1 aromatic heterocycles. The molecule has 1 N–H and O–H groups in total. The minimum absolute atomic E-state index is 0. The maximum Gasteiger partial charge on any atom is 0.193 e. The molecule has 1 fully saturated rings. The second-order valence-electron chi connectivity index (χ2n) is 7.34. The molecule has 1 aliphatic rings. The summed E-state index contributed by atoms with van der Waals surface area (Å²) in [5, 5.41) is 4.71. The summed E-state index contributed by atoms with van der Waals surface area (Å²) >= 11 is 1.79. The number of ether oxygens (including phenoxy) is 1. The highest BCUT2D eigenvalue weighted by Gasteiger charge is 2.22. The number of nitrogens with one attached hydrogen (secondary N) is 1. The van der Waals surface area contributed by atoms with Gasteiger partial charge in [0.05, 0.1) is 11.6 Å². The number of guanidine groups is 1. The van der Waals surface area contributed by atoms with Crippen LogP contribution in [-0.4, -0.2) is 42.1 Å². The summed E-state index contributed by atoms with van der Waals surface area (Å²) in [5.74, 6) is 2.57. The maximum atomic E-state index is 6.09. The van der Waals surface area contributed by atoms with Crippen LogP contribution in [0.5, 0.6) is 5.75 Å². The first-order chi connectivity index (χ1) is 13.1. The fourth-order valence-electron chi connectivity index (χ4n) is 3.25. The number of likely N-dealkylation sites (tertiary alicyclic amines) is 1. The first-order valence-electron chi connectivity index (χ1n) is 9.75. The van der Waals surface area contributed by atoms with Gasteiger partial charge < -0.3 is 15.0 Å². The van der Waals surface area contributed by atoms with Crippen LogP contribution >= 0.6 is 35.3 Å². The third-order valence-corrected chi connectivity index (χ3v) is 5.62. The number of nitrogens with zero attached hydrogens (tertiary/aromatic N) is 3. The molecule has 1 saturated heterocycles. The molecule has 1 aromatic carbocycles. The number of benzene rings is 1. The van der Waals surface area contributed by atoms with Crippen LogP contribution in [0.1, 0.15) is 36.6 Å². The standard InChI is InChI=1S/C21H30N4OS.HI/c1-16(2)13-20-23-14-19(27-20)15-24-21(22-3)25-11-9-18(10-12-25)26-17-7-5-4-6-8-17;/h4-8,14,16,18H,9-13,15H2,1-3H3,(H,22,24);1H. The average molecular weight is 514 g/mol. The van der Waals surface area contributed by atoms with Crippen LogP contribution in [0.15, 0.2) is 41.5 Å². The van der Waals surface area contributed by atoms with Gasteiger partial charge in [-0.3, -0.25) is 4.99 Å². The van der Waals surface area contributed by atoms with Crippen molar-refractivity contribution in [1.82, 2.24) is 15.2 Å². The molecule has 2 heterocycles. The van der Waals surface area contributed by atoms with Gasteiger partial charge in [-0.1, -0.05) is 32.0 Å². The summed E-state index contributed by atoms with van der Waals surface area (Å²) in [5.41, 5.74) is 0. The molecule has 0 spiro atoms. The van der Waals surface area contributed by atoms with Gasteiger partial charge in [-0.25, -0.2) is 4.98 Å². The molecule has 0 atom stereocenters. The van der Waals surface area contributed by atoms with Gasteiger partial charge in [-0.15, -0.1) is 35.3 Å². The summed E-state index contributed by atoms with van der Waals surface area (Å²) in [4.78, 5) is 12.6. The Labute approximate surface area is 189 Å². The van der Waals surface area contributed by atoms with E-state index in [2.05, 4.69) is 34.0 Å². The largest absolute Gasteiger partial charge is 0.490 e. The van der Waals surface area contributed by atoms with E-state index in [1.807, 2.05) is 43.6 Å². The number of aliphatic imine (C=N–C) groups is 1. The third kappa shape index (κ3) is 6.92. The summed E-state index contributed by atoms with van der Waals surface area (Å²) in [6.45, 7) is 7.15. The van der Waals surface area contributed by atoms with Gasteiger partial charge in [-0.2, -0.15) is 0 Å². The molecule has 2 aromatic rings. The van der Waals surface area contributed by atoms with Crippen molar-refractivity contribution in [2.45, 2.75) is 45.8 Å². The molecule has 3 rings (SSSR count). The molecule has 0 unspecified atom stereocenters. The lowest BCUT2D eigenvalue weighted by Crippen LogP contribution is -2.47. The quantitative estimate of drug-likeness (QED) is 0.349. The first kappa shape index (κ1) is 22.9. The third-order valence-electron chi connectivity index (χ3n) is 4.60. The highest BCUT2D eigenvalue weighted by atomic mass is 127. The summed E-state index contributed by atoms with van der Waals surface area (Å²) in [6, 6.07) is 10.1. The Hall–Kier alpha value is -1.35. The fraction of sp³-hybridized carbons (Fsp3) is 0.524. The van der Waals surface area contributed by atoms with E-state index in [0.717, 1.165) is 50.6 Å². The van der Waals surface area contributed by atoms with E-state index in [9.17, 15) is 0 Å². The smallest absolute Gasteiger partial charge is 0.193 e. The van der Waals surface area contributed by atoms with E-state index in [4.69, 9.17) is 4.74 Å². The lowest BCUT2D eigenvalue weighted by atomic mass is 10.1. The van der Waals surface area contributed by atoms with E-state index in [0.29, 0.717) is 5.92 Å². The molecule has 154 valence electrons. The maximum absolute atomic E-state index is 6.09. The fourth-order valence-corrected chi connectivity index (χ4v) is 4.32. The van der Waals surface area contributed by atoms with E-state index >= 15 is 0 Å². The van der Waals surface area contributed by atoms with Gasteiger partial charge in [0.1, 0.15) is 11.9 Å². The zero-order valence-corrected chi connectivity index (χ0v) is 20.1. The van der Waals surface area contributed by atoms with Crippen LogP contribution in [0.2, 0.25) is 0 Å². The highest BCUT2D eigenvalue weighted by Crippen LogP contribution is 2.19. The van der Waals surface area contributed by atoms with E-state index < -0.39 is 0 Å². The second kappa shape index (κ2) is 11.6. The number of para-hydroxylation sites is 1. The SMILES string of the molecule is CN=C(NCc1cnc(CC(C)C)s1)N1CCC(Oc2ccccc2)CC1.I. The molecule has 0 saturated carbocycles. The Bertz CT molecular complexity index is 727. The zero-order chi connectivity index (χ0) is 19.1. The Balaban J connectivity index is 0.00000280. The van der Waals surface area contributed by atoms with Gasteiger partial charge in [0.2, 0.25) is 0 Å². The van der Waals surface area contributed by atoms with Crippen molar-refractivity contribution >= 4 is 41.3 Å². The summed E-state index contributed by atoms with van der Waals surface area (Å²) in [7, 11) is 1.85. The molecule has 0 amide bonds. The molecule has 1 aliphatic heterocycles. The van der Waals surface area contributed by atoms with Gasteiger partial charge in [0.15, 0.2) is 5.96 Å². The van der Waals surface area contributed by atoms with Crippen molar-refractivity contribution in [1.29, 1.82) is 0 Å². The lowest BCUT2D eigenvalue weighted by Gasteiger charge is -2.34. The van der Waals surface area contributed by atoms with Gasteiger partial charge in [-0.05, 0) is 18.1 Å². The number of aromatic nitrogens is 1. The van der Waals surface area contributed by atoms with Crippen LogP contribution < -0.4 is 10.1 Å². The topological polar surface area (TPSA) is 49.8 Å². The molecule has 28 heavy (non-hydrogen) atoms. The Morgan fingerprint density at radius 2 is 2.00 bits per heavy atom. The van der Waals surface area contributed by atoms with Crippen molar-refractivity contribution in [3.63, 3.8) is 0 Å². The zero-order valence-electron chi connectivity index (χ0n) is 16.9. The second-order valence-corrected chi connectivity index (χ2v) is 8.54. The molecular formula is C21H31IN4OS. The van der Waals surface area contributed by atoms with Crippen LogP contribution in [0.25, 0.3) is 0 Å². The number of hydrogen-bond acceptors (Lipinski definition) is 4. The Kier molecular flexibility index (Phi) is 9.50. The first-order valence-corrected chi connectivity index (χ1v) is 10.6. The molecule has 0 radical (unpaired) electrons. The van der Waals surface area contributed by atoms with Crippen molar-refractivity contribution in [2.75, 3.05) is 20.1 Å². The van der Waals surface area contributed by atoms with Crippen molar-refractivity contribution in [3.8, 4) is 5.75 Å². The number of hydrogen-bond donors (Lipinski definition) is 1. The van der Waals surface area contributed by atoms with Crippen molar-refractivity contribution in [2.24, 2.45) is 10.9 Å². The van der Waals surface area contributed by atoms with Crippen LogP contribution in [0, 0.1) is 5.92 Å². The minimum atomic E-state index is 0. The number of piperidine rings is 1. The number of halogens is 1. The van der Waals surface area contributed by atoms with Crippen molar-refractivity contribution in [3.05, 3.63) is 46.4 Å². The summed E-state index contributed by atoms with van der Waals surface area (Å²) in [6.07, 6.45) is 5.34. The molecular weight excluding hydrogens is 483 g/mol. The van der Waals surface area contributed by atoms with E-state index in [-0.39, 0.29) is 30.1 Å². The molecule has 0 bridgehead atoms. The molecule has 5 nitrogen and oxygen atoms in total. The molecule has 0 aliphatic carbocycles. The average Bonchev–Trinajstić information content (AvgIpc) is 3.11. The monoisotopic (exact) mass is 514 g/mol. The van der Waals surface area contributed by atoms with Gasteiger partial charge in [0, 0.05) is 50.5 Å². The number of thiazole rings is 1. The van der Waals surface area contributed by atoms with Gasteiger partial charge >= 0.3 is 0 Å².